The highest BCUT2D eigenvalue weighted by Crippen LogP contribution is 2.49. The quantitative estimate of drug-likeness (QED) is 0.684. The lowest BCUT2D eigenvalue weighted by molar-refractivity contribution is 0.168. The predicted octanol–water partition coefficient (Wildman–Crippen LogP) is 2.79. The molecule has 9 nitrogen and oxygen atoms in total. The molecule has 1 aliphatic heterocycles. The molecule has 9 heteroatoms. The zero-order chi connectivity index (χ0) is 19.7. The topological polar surface area (TPSA) is 105 Å². The minimum absolute atomic E-state index is 0.0121. The maximum Gasteiger partial charge on any atom is 0.258 e. The zero-order valence-electron chi connectivity index (χ0n) is 15.5. The maximum absolute atomic E-state index is 9.94. The van der Waals surface area contributed by atoms with Gasteiger partial charge in [0.1, 0.15) is 0 Å². The summed E-state index contributed by atoms with van der Waals surface area (Å²) in [6.07, 6.45) is 0.321. The van der Waals surface area contributed by atoms with Crippen LogP contribution >= 0.6 is 0 Å². The van der Waals surface area contributed by atoms with Gasteiger partial charge in [-0.05, 0) is 24.3 Å². The summed E-state index contributed by atoms with van der Waals surface area (Å²) in [6.45, 7) is 0.0961. The van der Waals surface area contributed by atoms with E-state index in [1.165, 1.54) is 13.2 Å². The van der Waals surface area contributed by atoms with E-state index >= 15 is 0 Å². The van der Waals surface area contributed by atoms with Crippen molar-refractivity contribution in [1.82, 2.24) is 10.1 Å². The smallest absolute Gasteiger partial charge is 0.258 e. The molecule has 1 aromatic heterocycles. The van der Waals surface area contributed by atoms with Gasteiger partial charge in [-0.25, -0.2) is 0 Å². The standard InChI is InChI=1S/C19H18N2O7/c1-23-13-5-4-10(6-12(13)22)19-20-15(21-28-19)8-11-7-14(24-2)17-18(16(11)25-3)27-9-26-17/h4-7,22H,8-9H2,1-3H3. The molecular weight excluding hydrogens is 368 g/mol. The molecule has 0 amide bonds. The van der Waals surface area contributed by atoms with E-state index in [0.29, 0.717) is 46.6 Å². The van der Waals surface area contributed by atoms with E-state index in [-0.39, 0.29) is 18.4 Å². The number of methoxy groups -OCH3 is 3. The van der Waals surface area contributed by atoms with Gasteiger partial charge in [-0.3, -0.25) is 0 Å². The molecule has 0 radical (unpaired) electrons. The number of aromatic hydroxyl groups is 1. The Kier molecular flexibility index (Phi) is 4.56. The first-order valence-corrected chi connectivity index (χ1v) is 8.38. The van der Waals surface area contributed by atoms with E-state index in [1.54, 1.807) is 32.4 Å². The fourth-order valence-corrected chi connectivity index (χ4v) is 3.01. The monoisotopic (exact) mass is 386 g/mol. The highest BCUT2D eigenvalue weighted by Gasteiger charge is 2.27. The molecule has 0 saturated heterocycles. The summed E-state index contributed by atoms with van der Waals surface area (Å²) in [5.74, 6) is 3.12. The minimum Gasteiger partial charge on any atom is -0.504 e. The van der Waals surface area contributed by atoms with E-state index in [1.807, 2.05) is 0 Å². The molecule has 0 bridgehead atoms. The molecule has 3 aromatic rings. The van der Waals surface area contributed by atoms with Crippen LogP contribution in [-0.2, 0) is 6.42 Å². The highest BCUT2D eigenvalue weighted by molar-refractivity contribution is 5.64. The molecule has 28 heavy (non-hydrogen) atoms. The fraction of sp³-hybridized carbons (Fsp3) is 0.263. The van der Waals surface area contributed by atoms with Crippen LogP contribution in [0.1, 0.15) is 11.4 Å². The van der Waals surface area contributed by atoms with Gasteiger partial charge in [0.2, 0.25) is 18.3 Å². The van der Waals surface area contributed by atoms with Crippen molar-refractivity contribution in [1.29, 1.82) is 0 Å². The van der Waals surface area contributed by atoms with Crippen LogP contribution in [0, 0.1) is 0 Å². The summed E-state index contributed by atoms with van der Waals surface area (Å²) < 4.78 is 32.2. The van der Waals surface area contributed by atoms with Crippen molar-refractivity contribution >= 4 is 0 Å². The molecule has 0 spiro atoms. The van der Waals surface area contributed by atoms with Crippen molar-refractivity contribution in [2.45, 2.75) is 6.42 Å². The third kappa shape index (κ3) is 3.00. The van der Waals surface area contributed by atoms with Crippen molar-refractivity contribution in [3.05, 3.63) is 35.7 Å². The van der Waals surface area contributed by atoms with Crippen molar-refractivity contribution in [2.75, 3.05) is 28.1 Å². The summed E-state index contributed by atoms with van der Waals surface area (Å²) in [7, 11) is 4.58. The number of hydrogen-bond acceptors (Lipinski definition) is 9. The van der Waals surface area contributed by atoms with Gasteiger partial charge in [-0.2, -0.15) is 4.98 Å². The van der Waals surface area contributed by atoms with E-state index in [9.17, 15) is 5.11 Å². The molecular formula is C19H18N2O7. The van der Waals surface area contributed by atoms with Crippen LogP contribution in [0.15, 0.2) is 28.8 Å². The Morgan fingerprint density at radius 2 is 1.79 bits per heavy atom. The Labute approximate surface area is 160 Å². The number of aromatic nitrogens is 2. The largest absolute Gasteiger partial charge is 0.504 e. The number of benzene rings is 2. The van der Waals surface area contributed by atoms with Crippen LogP contribution in [0.3, 0.4) is 0 Å². The van der Waals surface area contributed by atoms with Crippen LogP contribution < -0.4 is 23.7 Å². The Bertz CT molecular complexity index is 1020. The molecule has 1 N–H and O–H groups in total. The third-order valence-corrected chi connectivity index (χ3v) is 4.31. The Morgan fingerprint density at radius 3 is 2.50 bits per heavy atom. The molecule has 0 saturated carbocycles. The predicted molar refractivity (Wildman–Crippen MR) is 96.4 cm³/mol. The second kappa shape index (κ2) is 7.18. The second-order valence-corrected chi connectivity index (χ2v) is 5.92. The number of fused-ring (bicyclic) bond motifs is 1. The van der Waals surface area contributed by atoms with Crippen molar-refractivity contribution in [3.8, 4) is 46.0 Å². The van der Waals surface area contributed by atoms with Gasteiger partial charge in [-0.15, -0.1) is 0 Å². The van der Waals surface area contributed by atoms with Gasteiger partial charge in [0.25, 0.3) is 5.89 Å². The number of rotatable bonds is 6. The van der Waals surface area contributed by atoms with Crippen molar-refractivity contribution in [3.63, 3.8) is 0 Å². The van der Waals surface area contributed by atoms with Gasteiger partial charge < -0.3 is 33.3 Å². The molecule has 2 heterocycles. The summed E-state index contributed by atoms with van der Waals surface area (Å²) in [4.78, 5) is 4.40. The first-order valence-electron chi connectivity index (χ1n) is 8.38. The minimum atomic E-state index is -0.0121. The average molecular weight is 386 g/mol. The number of hydrogen-bond donors (Lipinski definition) is 1. The van der Waals surface area contributed by atoms with Crippen LogP contribution in [-0.4, -0.2) is 43.4 Å². The lowest BCUT2D eigenvalue weighted by Gasteiger charge is -2.12. The van der Waals surface area contributed by atoms with E-state index in [4.69, 9.17) is 28.2 Å². The summed E-state index contributed by atoms with van der Waals surface area (Å²) >= 11 is 0. The highest BCUT2D eigenvalue weighted by atomic mass is 16.7. The molecule has 0 aliphatic carbocycles. The first kappa shape index (κ1) is 17.8. The zero-order valence-corrected chi connectivity index (χ0v) is 15.5. The van der Waals surface area contributed by atoms with Crippen molar-refractivity contribution < 1.29 is 33.3 Å². The number of ether oxygens (including phenoxy) is 5. The van der Waals surface area contributed by atoms with E-state index in [0.717, 1.165) is 5.56 Å². The summed E-state index contributed by atoms with van der Waals surface area (Å²) in [5.41, 5.74) is 1.33. The van der Waals surface area contributed by atoms with Gasteiger partial charge in [-0.1, -0.05) is 5.16 Å². The van der Waals surface area contributed by atoms with Crippen LogP contribution in [0.4, 0.5) is 0 Å². The molecule has 0 fully saturated rings. The summed E-state index contributed by atoms with van der Waals surface area (Å²) in [5, 5.41) is 14.0. The van der Waals surface area contributed by atoms with Gasteiger partial charge in [0.15, 0.2) is 28.8 Å². The van der Waals surface area contributed by atoms with Crippen molar-refractivity contribution in [2.24, 2.45) is 0 Å². The SMILES string of the molecule is COc1ccc(-c2nc(Cc3cc(OC)c4c(c3OC)OCO4)no2)cc1O. The molecule has 2 aromatic carbocycles. The van der Waals surface area contributed by atoms with Gasteiger partial charge in [0.05, 0.1) is 21.3 Å². The lowest BCUT2D eigenvalue weighted by Crippen LogP contribution is -1.99. The second-order valence-electron chi connectivity index (χ2n) is 5.92. The number of phenolic OH excluding ortho intramolecular Hbond substituents is 1. The van der Waals surface area contributed by atoms with Crippen LogP contribution in [0.2, 0.25) is 0 Å². The van der Waals surface area contributed by atoms with Gasteiger partial charge in [0, 0.05) is 17.5 Å². The average Bonchev–Trinajstić information content (AvgIpc) is 3.37. The van der Waals surface area contributed by atoms with E-state index in [2.05, 4.69) is 10.1 Å². The normalized spacial score (nSPS) is 12.1. The van der Waals surface area contributed by atoms with Crippen LogP contribution in [0.25, 0.3) is 11.5 Å². The Morgan fingerprint density at radius 1 is 1.00 bits per heavy atom. The first-order chi connectivity index (χ1) is 13.6. The number of phenols is 1. The van der Waals surface area contributed by atoms with Crippen LogP contribution in [0.5, 0.6) is 34.5 Å². The molecule has 0 atom stereocenters. The molecule has 146 valence electrons. The number of nitrogens with zero attached hydrogens (tertiary/aromatic N) is 2. The Balaban J connectivity index is 1.65. The molecule has 0 unspecified atom stereocenters. The van der Waals surface area contributed by atoms with E-state index < -0.39 is 0 Å². The molecule has 4 rings (SSSR count). The van der Waals surface area contributed by atoms with Gasteiger partial charge >= 0.3 is 0 Å². The summed E-state index contributed by atoms with van der Waals surface area (Å²) in [6, 6.07) is 6.64. The fourth-order valence-electron chi connectivity index (χ4n) is 3.01. The maximum atomic E-state index is 9.94. The Hall–Kier alpha value is -3.62. The molecule has 1 aliphatic rings. The third-order valence-electron chi connectivity index (χ3n) is 4.31. The lowest BCUT2D eigenvalue weighted by atomic mass is 10.1.